The third-order valence-corrected chi connectivity index (χ3v) is 5.74. The van der Waals surface area contributed by atoms with Gasteiger partial charge < -0.3 is 24.4 Å². The van der Waals surface area contributed by atoms with E-state index in [1.807, 2.05) is 27.7 Å². The van der Waals surface area contributed by atoms with E-state index in [2.05, 4.69) is 10.3 Å². The summed E-state index contributed by atoms with van der Waals surface area (Å²) in [6.07, 6.45) is 4.27. The maximum atomic E-state index is 13.2. The number of hydrogen-bond donors (Lipinski definition) is 2. The zero-order valence-corrected chi connectivity index (χ0v) is 22.6. The summed E-state index contributed by atoms with van der Waals surface area (Å²) in [6, 6.07) is 0. The molecule has 0 aromatic carbocycles. The number of carbonyl (C=O) groups is 2. The predicted octanol–water partition coefficient (Wildman–Crippen LogP) is 3.68. The van der Waals surface area contributed by atoms with Crippen LogP contribution in [0.25, 0.3) is 0 Å². The number of aliphatic hydroxyl groups excluding tert-OH is 2. The molecule has 1 atom stereocenters. The van der Waals surface area contributed by atoms with Gasteiger partial charge in [0, 0.05) is 32.6 Å². The summed E-state index contributed by atoms with van der Waals surface area (Å²) in [5.74, 6) is -1.49. The van der Waals surface area contributed by atoms with Gasteiger partial charge in [0.05, 0.1) is 12.2 Å². The molecule has 0 amide bonds. The molecule has 1 unspecified atom stereocenters. The number of hydrogen-bond acceptors (Lipinski definition) is 9. The van der Waals surface area contributed by atoms with Crippen molar-refractivity contribution in [3.05, 3.63) is 11.4 Å². The van der Waals surface area contributed by atoms with Crippen LogP contribution < -0.4 is 0 Å². The highest BCUT2D eigenvalue weighted by Crippen LogP contribution is 2.24. The molecule has 10 nitrogen and oxygen atoms in total. The highest BCUT2D eigenvalue weighted by atomic mass is 16.6. The molecule has 0 bridgehead atoms. The number of unbranched alkanes of at least 4 members (excludes halogenated alkanes) is 3. The van der Waals surface area contributed by atoms with E-state index in [-0.39, 0.29) is 36.6 Å². The van der Waals surface area contributed by atoms with Crippen molar-refractivity contribution in [1.82, 2.24) is 15.0 Å². The van der Waals surface area contributed by atoms with E-state index < -0.39 is 23.1 Å². The molecule has 1 aromatic heterocycles. The third-order valence-electron chi connectivity index (χ3n) is 5.74. The van der Waals surface area contributed by atoms with Crippen molar-refractivity contribution < 1.29 is 34.0 Å². The molecule has 0 spiro atoms. The molecule has 35 heavy (non-hydrogen) atoms. The fourth-order valence-corrected chi connectivity index (χ4v) is 3.30. The van der Waals surface area contributed by atoms with Gasteiger partial charge >= 0.3 is 11.9 Å². The minimum atomic E-state index is -0.896. The Balaban J connectivity index is 3.09. The first kappa shape index (κ1) is 31.0. The van der Waals surface area contributed by atoms with E-state index in [0.29, 0.717) is 38.8 Å². The third kappa shape index (κ3) is 11.0. The summed E-state index contributed by atoms with van der Waals surface area (Å²) in [4.78, 5) is 26.3. The van der Waals surface area contributed by atoms with Crippen molar-refractivity contribution in [1.29, 1.82) is 0 Å². The van der Waals surface area contributed by atoms with E-state index in [9.17, 15) is 14.7 Å². The van der Waals surface area contributed by atoms with Crippen LogP contribution in [0.3, 0.4) is 0 Å². The number of aryl methyl sites for hydroxylation is 1. The van der Waals surface area contributed by atoms with Crippen LogP contribution in [0.4, 0.5) is 0 Å². The number of aromatic nitrogens is 3. The Kier molecular flexibility index (Phi) is 12.3. The maximum absolute atomic E-state index is 13.2. The van der Waals surface area contributed by atoms with Crippen molar-refractivity contribution in [2.45, 2.75) is 117 Å². The van der Waals surface area contributed by atoms with Gasteiger partial charge in [-0.3, -0.25) is 0 Å². The lowest BCUT2D eigenvalue weighted by atomic mass is 9.99. The second-order valence-electron chi connectivity index (χ2n) is 10.7. The topological polar surface area (TPSA) is 133 Å². The van der Waals surface area contributed by atoms with Crippen LogP contribution in [-0.2, 0) is 20.8 Å². The summed E-state index contributed by atoms with van der Waals surface area (Å²) >= 11 is 0. The first-order valence-corrected chi connectivity index (χ1v) is 12.5. The lowest BCUT2D eigenvalue weighted by Crippen LogP contribution is -2.35. The molecule has 0 saturated carbocycles. The van der Waals surface area contributed by atoms with Crippen LogP contribution in [-0.4, -0.2) is 73.8 Å². The van der Waals surface area contributed by atoms with Crippen LogP contribution in [0.5, 0.6) is 0 Å². The van der Waals surface area contributed by atoms with Gasteiger partial charge in [-0.2, -0.15) is 0 Å². The molecule has 0 aliphatic rings. The smallest absolute Gasteiger partial charge is 0.362 e. The van der Waals surface area contributed by atoms with E-state index in [1.165, 1.54) is 4.68 Å². The molecule has 1 heterocycles. The minimum Gasteiger partial charge on any atom is -0.455 e. The quantitative estimate of drug-likeness (QED) is 0.258. The molecule has 0 saturated heterocycles. The van der Waals surface area contributed by atoms with Gasteiger partial charge in [0.15, 0.2) is 5.69 Å². The van der Waals surface area contributed by atoms with Gasteiger partial charge in [0.1, 0.15) is 11.2 Å². The summed E-state index contributed by atoms with van der Waals surface area (Å²) in [6.45, 7) is 13.8. The fraction of sp³-hybridized carbons (Fsp3) is 0.840. The Morgan fingerprint density at radius 1 is 0.886 bits per heavy atom. The van der Waals surface area contributed by atoms with Crippen molar-refractivity contribution >= 4 is 11.9 Å². The van der Waals surface area contributed by atoms with Crippen molar-refractivity contribution in [2.24, 2.45) is 0 Å². The first-order chi connectivity index (χ1) is 16.3. The lowest BCUT2D eigenvalue weighted by Gasteiger charge is -2.28. The molecular formula is C25H45N3O7. The Morgan fingerprint density at radius 2 is 1.54 bits per heavy atom. The fourth-order valence-electron chi connectivity index (χ4n) is 3.30. The molecule has 1 rings (SSSR count). The number of carbonyl (C=O) groups excluding carboxylic acids is 2. The van der Waals surface area contributed by atoms with Crippen molar-refractivity contribution in [2.75, 3.05) is 19.8 Å². The number of aliphatic hydroxyl groups is 2. The minimum absolute atomic E-state index is 0.0588. The second kappa shape index (κ2) is 13.9. The molecular weight excluding hydrogens is 454 g/mol. The van der Waals surface area contributed by atoms with Crippen LogP contribution in [0.2, 0.25) is 0 Å². The summed E-state index contributed by atoms with van der Waals surface area (Å²) in [5, 5.41) is 26.4. The normalized spacial score (nSPS) is 14.0. The Labute approximate surface area is 209 Å². The van der Waals surface area contributed by atoms with Gasteiger partial charge in [0.2, 0.25) is 5.69 Å². The van der Waals surface area contributed by atoms with E-state index in [0.717, 1.165) is 12.8 Å². The van der Waals surface area contributed by atoms with Crippen LogP contribution >= 0.6 is 0 Å². The van der Waals surface area contributed by atoms with E-state index in [4.69, 9.17) is 19.3 Å². The molecule has 0 aliphatic heterocycles. The van der Waals surface area contributed by atoms with Gasteiger partial charge in [-0.1, -0.05) is 25.0 Å². The number of nitrogens with zero attached hydrogens (tertiary/aromatic N) is 3. The second-order valence-corrected chi connectivity index (χ2v) is 10.7. The molecule has 1 aromatic rings. The predicted molar refractivity (Wildman–Crippen MR) is 131 cm³/mol. The number of ether oxygens (including phenoxy) is 3. The maximum Gasteiger partial charge on any atom is 0.362 e. The van der Waals surface area contributed by atoms with E-state index in [1.54, 1.807) is 20.8 Å². The Bertz CT molecular complexity index is 801. The van der Waals surface area contributed by atoms with Gasteiger partial charge in [-0.05, 0) is 60.8 Å². The van der Waals surface area contributed by atoms with Crippen molar-refractivity contribution in [3.63, 3.8) is 0 Å². The van der Waals surface area contributed by atoms with Crippen molar-refractivity contribution in [3.8, 4) is 0 Å². The van der Waals surface area contributed by atoms with Gasteiger partial charge in [-0.25, -0.2) is 14.3 Å². The molecule has 10 heteroatoms. The zero-order valence-electron chi connectivity index (χ0n) is 22.6. The molecule has 0 aliphatic carbocycles. The highest BCUT2D eigenvalue weighted by Gasteiger charge is 2.35. The number of esters is 2. The Morgan fingerprint density at radius 3 is 2.11 bits per heavy atom. The molecule has 2 N–H and O–H groups in total. The summed E-state index contributed by atoms with van der Waals surface area (Å²) in [7, 11) is 0. The largest absolute Gasteiger partial charge is 0.455 e. The van der Waals surface area contributed by atoms with E-state index >= 15 is 0 Å². The molecule has 202 valence electrons. The highest BCUT2D eigenvalue weighted by molar-refractivity contribution is 6.00. The average molecular weight is 500 g/mol. The monoisotopic (exact) mass is 499 g/mol. The summed E-state index contributed by atoms with van der Waals surface area (Å²) < 4.78 is 18.5. The summed E-state index contributed by atoms with van der Waals surface area (Å²) in [5.41, 5.74) is -2.31. The number of rotatable bonds is 16. The van der Waals surface area contributed by atoms with Crippen LogP contribution in [0.1, 0.15) is 114 Å². The lowest BCUT2D eigenvalue weighted by molar-refractivity contribution is -0.0481. The van der Waals surface area contributed by atoms with Gasteiger partial charge in [-0.15, -0.1) is 5.10 Å². The Hall–Kier alpha value is -2.04. The first-order valence-electron chi connectivity index (χ1n) is 12.5. The molecule has 0 fully saturated rings. The standard InChI is InChI=1S/C25H45N3O7/c1-8-25(7,13-17-30)35-22(32)20-19(26-27-28(20)15-11-9-10-12-16-29)21(31)34-24(5,6)14-18-33-23(2,3)4/h29-30H,8-18H2,1-7H3. The van der Waals surface area contributed by atoms with Gasteiger partial charge in [0.25, 0.3) is 0 Å². The average Bonchev–Trinajstić information content (AvgIpc) is 3.16. The SMILES string of the molecule is CCC(C)(CCO)OC(=O)c1c(C(=O)OC(C)(C)CCOC(C)(C)C)nnn1CCCCCCO. The molecule has 0 radical (unpaired) electrons. The zero-order chi connectivity index (χ0) is 26.7. The van der Waals surface area contributed by atoms with Crippen LogP contribution in [0, 0.1) is 0 Å². The van der Waals surface area contributed by atoms with Crippen LogP contribution in [0.15, 0.2) is 0 Å².